The highest BCUT2D eigenvalue weighted by Gasteiger charge is 2.31. The standard InChI is InChI=1S/C16H33N3O2/c1-5-17-16(3,15(20)21)10-8-11-18(4)13-14-9-7-12-19(14)6-2/h14,17H,5-13H2,1-4H3,(H,20,21). The molecule has 0 saturated carbocycles. The van der Waals surface area contributed by atoms with Crippen LogP contribution in [0.5, 0.6) is 0 Å². The maximum absolute atomic E-state index is 11.4. The second-order valence-electron chi connectivity index (χ2n) is 6.46. The van der Waals surface area contributed by atoms with Crippen LogP contribution in [-0.4, -0.2) is 72.2 Å². The third-order valence-corrected chi connectivity index (χ3v) is 4.68. The molecule has 21 heavy (non-hydrogen) atoms. The molecule has 5 heteroatoms. The molecule has 5 nitrogen and oxygen atoms in total. The van der Waals surface area contributed by atoms with Gasteiger partial charge >= 0.3 is 5.97 Å². The molecule has 1 heterocycles. The van der Waals surface area contributed by atoms with Gasteiger partial charge in [0.15, 0.2) is 0 Å². The molecule has 1 saturated heterocycles. The molecule has 124 valence electrons. The monoisotopic (exact) mass is 299 g/mol. The number of likely N-dealkylation sites (tertiary alicyclic amines) is 1. The number of rotatable bonds is 10. The van der Waals surface area contributed by atoms with Gasteiger partial charge in [-0.2, -0.15) is 0 Å². The van der Waals surface area contributed by atoms with E-state index in [0.717, 1.165) is 26.1 Å². The molecule has 1 aliphatic heterocycles. The summed E-state index contributed by atoms with van der Waals surface area (Å²) in [7, 11) is 2.15. The third kappa shape index (κ3) is 5.57. The van der Waals surface area contributed by atoms with Crippen molar-refractivity contribution in [3.05, 3.63) is 0 Å². The Balaban J connectivity index is 2.32. The van der Waals surface area contributed by atoms with Crippen molar-refractivity contribution in [1.29, 1.82) is 0 Å². The molecule has 1 fully saturated rings. The van der Waals surface area contributed by atoms with Gasteiger partial charge in [0.05, 0.1) is 0 Å². The molecule has 0 spiro atoms. The third-order valence-electron chi connectivity index (χ3n) is 4.68. The zero-order valence-electron chi connectivity index (χ0n) is 14.2. The summed E-state index contributed by atoms with van der Waals surface area (Å²) in [6, 6.07) is 0.680. The molecule has 0 aliphatic carbocycles. The largest absolute Gasteiger partial charge is 0.480 e. The minimum absolute atomic E-state index is 0.669. The van der Waals surface area contributed by atoms with E-state index in [0.29, 0.717) is 19.0 Å². The van der Waals surface area contributed by atoms with Crippen molar-refractivity contribution in [2.45, 2.75) is 58.0 Å². The molecule has 0 bridgehead atoms. The van der Waals surface area contributed by atoms with Crippen molar-refractivity contribution in [1.82, 2.24) is 15.1 Å². The van der Waals surface area contributed by atoms with Crippen LogP contribution in [0.4, 0.5) is 0 Å². The zero-order chi connectivity index (χ0) is 15.9. The number of likely N-dealkylation sites (N-methyl/N-ethyl adjacent to an activating group) is 3. The van der Waals surface area contributed by atoms with Crippen LogP contribution in [-0.2, 0) is 4.79 Å². The Morgan fingerprint density at radius 2 is 2.19 bits per heavy atom. The molecule has 2 N–H and O–H groups in total. The zero-order valence-corrected chi connectivity index (χ0v) is 14.2. The normalized spacial score (nSPS) is 22.6. The maximum Gasteiger partial charge on any atom is 0.323 e. The topological polar surface area (TPSA) is 55.8 Å². The van der Waals surface area contributed by atoms with Gasteiger partial charge in [0.1, 0.15) is 5.54 Å². The Hall–Kier alpha value is -0.650. The molecular weight excluding hydrogens is 266 g/mol. The molecule has 2 unspecified atom stereocenters. The number of carboxylic acid groups (broad SMARTS) is 1. The molecule has 2 atom stereocenters. The first kappa shape index (κ1) is 18.4. The van der Waals surface area contributed by atoms with Gasteiger partial charge in [-0.1, -0.05) is 13.8 Å². The van der Waals surface area contributed by atoms with E-state index in [1.54, 1.807) is 6.92 Å². The van der Waals surface area contributed by atoms with E-state index in [2.05, 4.69) is 29.1 Å². The Morgan fingerprint density at radius 3 is 2.76 bits per heavy atom. The minimum Gasteiger partial charge on any atom is -0.480 e. The second kappa shape index (κ2) is 8.71. The van der Waals surface area contributed by atoms with Crippen LogP contribution in [0, 0.1) is 0 Å². The smallest absolute Gasteiger partial charge is 0.323 e. The van der Waals surface area contributed by atoms with Crippen LogP contribution >= 0.6 is 0 Å². The van der Waals surface area contributed by atoms with E-state index >= 15 is 0 Å². The van der Waals surface area contributed by atoms with Gasteiger partial charge in [-0.15, -0.1) is 0 Å². The number of hydrogen-bond donors (Lipinski definition) is 2. The van der Waals surface area contributed by atoms with E-state index < -0.39 is 11.5 Å². The average molecular weight is 299 g/mol. The Labute approximate surface area is 129 Å². The van der Waals surface area contributed by atoms with Gasteiger partial charge in [-0.25, -0.2) is 0 Å². The summed E-state index contributed by atoms with van der Waals surface area (Å²) in [5, 5.41) is 12.4. The molecule has 0 radical (unpaired) electrons. The molecule has 1 aliphatic rings. The van der Waals surface area contributed by atoms with Crippen molar-refractivity contribution in [2.75, 3.05) is 39.8 Å². The van der Waals surface area contributed by atoms with Gasteiger partial charge in [0, 0.05) is 12.6 Å². The van der Waals surface area contributed by atoms with E-state index in [1.165, 1.54) is 19.4 Å². The average Bonchev–Trinajstić information content (AvgIpc) is 2.86. The lowest BCUT2D eigenvalue weighted by molar-refractivity contribution is -0.144. The Morgan fingerprint density at radius 1 is 1.48 bits per heavy atom. The number of nitrogens with zero attached hydrogens (tertiary/aromatic N) is 2. The van der Waals surface area contributed by atoms with Gasteiger partial charge < -0.3 is 15.3 Å². The lowest BCUT2D eigenvalue weighted by atomic mass is 9.95. The van der Waals surface area contributed by atoms with Crippen molar-refractivity contribution in [3.63, 3.8) is 0 Å². The Bertz CT molecular complexity index is 325. The first-order valence-electron chi connectivity index (χ1n) is 8.34. The highest BCUT2D eigenvalue weighted by atomic mass is 16.4. The molecule has 1 rings (SSSR count). The van der Waals surface area contributed by atoms with Crippen LogP contribution in [0.1, 0.15) is 46.5 Å². The number of hydrogen-bond acceptors (Lipinski definition) is 4. The maximum atomic E-state index is 11.4. The summed E-state index contributed by atoms with van der Waals surface area (Å²) in [4.78, 5) is 16.3. The number of carbonyl (C=O) groups is 1. The summed E-state index contributed by atoms with van der Waals surface area (Å²) in [6.07, 6.45) is 4.18. The predicted molar refractivity (Wildman–Crippen MR) is 86.7 cm³/mol. The summed E-state index contributed by atoms with van der Waals surface area (Å²) in [5.74, 6) is -0.750. The van der Waals surface area contributed by atoms with Gasteiger partial charge in [-0.05, 0) is 65.8 Å². The SMILES string of the molecule is CCNC(C)(CCCN(C)CC1CCCN1CC)C(=O)O. The number of aliphatic carboxylic acids is 1. The highest BCUT2D eigenvalue weighted by Crippen LogP contribution is 2.18. The van der Waals surface area contributed by atoms with Crippen LogP contribution in [0.25, 0.3) is 0 Å². The van der Waals surface area contributed by atoms with Crippen molar-refractivity contribution in [3.8, 4) is 0 Å². The van der Waals surface area contributed by atoms with Crippen LogP contribution < -0.4 is 5.32 Å². The van der Waals surface area contributed by atoms with E-state index in [9.17, 15) is 9.90 Å². The fourth-order valence-corrected chi connectivity index (χ4v) is 3.33. The first-order chi connectivity index (χ1) is 9.92. The second-order valence-corrected chi connectivity index (χ2v) is 6.46. The molecule has 0 aromatic carbocycles. The van der Waals surface area contributed by atoms with Gasteiger partial charge in [0.2, 0.25) is 0 Å². The first-order valence-corrected chi connectivity index (χ1v) is 8.34. The molecule has 0 aromatic rings. The fraction of sp³-hybridized carbons (Fsp3) is 0.938. The quantitative estimate of drug-likeness (QED) is 0.642. The number of nitrogens with one attached hydrogen (secondary N) is 1. The van der Waals surface area contributed by atoms with Crippen molar-refractivity contribution >= 4 is 5.97 Å². The lowest BCUT2D eigenvalue weighted by Crippen LogP contribution is -2.49. The van der Waals surface area contributed by atoms with E-state index in [1.807, 2.05) is 6.92 Å². The van der Waals surface area contributed by atoms with Gasteiger partial charge in [-0.3, -0.25) is 9.69 Å². The van der Waals surface area contributed by atoms with Crippen LogP contribution in [0.3, 0.4) is 0 Å². The molecular formula is C16H33N3O2. The summed E-state index contributed by atoms with van der Waals surface area (Å²) >= 11 is 0. The summed E-state index contributed by atoms with van der Waals surface area (Å²) in [5.41, 5.74) is -0.793. The van der Waals surface area contributed by atoms with E-state index in [4.69, 9.17) is 0 Å². The van der Waals surface area contributed by atoms with Crippen molar-refractivity contribution in [2.24, 2.45) is 0 Å². The fourth-order valence-electron chi connectivity index (χ4n) is 3.33. The van der Waals surface area contributed by atoms with Gasteiger partial charge in [0.25, 0.3) is 0 Å². The predicted octanol–water partition coefficient (Wildman–Crippen LogP) is 1.64. The lowest BCUT2D eigenvalue weighted by Gasteiger charge is -2.29. The minimum atomic E-state index is -0.793. The van der Waals surface area contributed by atoms with Crippen LogP contribution in [0.2, 0.25) is 0 Å². The number of carboxylic acids is 1. The van der Waals surface area contributed by atoms with E-state index in [-0.39, 0.29) is 0 Å². The highest BCUT2D eigenvalue weighted by molar-refractivity contribution is 5.78. The Kier molecular flexibility index (Phi) is 7.63. The molecule has 0 amide bonds. The summed E-state index contributed by atoms with van der Waals surface area (Å²) in [6.45, 7) is 11.1. The molecule has 0 aromatic heterocycles. The van der Waals surface area contributed by atoms with Crippen molar-refractivity contribution < 1.29 is 9.90 Å². The van der Waals surface area contributed by atoms with Crippen LogP contribution in [0.15, 0.2) is 0 Å². The summed E-state index contributed by atoms with van der Waals surface area (Å²) < 4.78 is 0.